The zero-order chi connectivity index (χ0) is 20.6. The minimum Gasteiger partial charge on any atom is -0.397 e. The Morgan fingerprint density at radius 1 is 1.32 bits per heavy atom. The number of anilines is 3. The molecule has 0 fully saturated rings. The van der Waals surface area contributed by atoms with E-state index in [0.717, 1.165) is 12.3 Å². The SMILES string of the molecule is CS(=O)(=O)c1c(F)cccc1C1N=C(NC#N)Nc2nc(N)c(C#N)c(N)c21. The van der Waals surface area contributed by atoms with Crippen LogP contribution in [0.15, 0.2) is 28.1 Å². The molecule has 1 aromatic carbocycles. The zero-order valence-electron chi connectivity index (χ0n) is 14.4. The standard InChI is InChI=1S/C16H13FN8O2S/c1-28(26,27)13-7(3-2-4-9(13)17)12-10-11(20)8(5-18)14(21)24-15(10)25-16(23-12)22-6-19/h2-4,12H,1H3,(H6,20,21,22,23,24,25). The molecule has 28 heavy (non-hydrogen) atoms. The van der Waals surface area contributed by atoms with Crippen molar-refractivity contribution in [1.82, 2.24) is 10.3 Å². The fourth-order valence-corrected chi connectivity index (χ4v) is 3.97. The quantitative estimate of drug-likeness (QED) is 0.414. The van der Waals surface area contributed by atoms with Crippen LogP contribution in [-0.4, -0.2) is 25.6 Å². The molecule has 0 saturated carbocycles. The maximum atomic E-state index is 14.4. The number of hydrogen-bond donors (Lipinski definition) is 4. The number of fused-ring (bicyclic) bond motifs is 1. The molecule has 2 heterocycles. The van der Waals surface area contributed by atoms with Crippen molar-refractivity contribution in [1.29, 1.82) is 10.5 Å². The maximum absolute atomic E-state index is 14.4. The number of aromatic nitrogens is 1. The maximum Gasteiger partial charge on any atom is 0.211 e. The summed E-state index contributed by atoms with van der Waals surface area (Å²) in [6.45, 7) is 0. The number of rotatable bonds is 2. The van der Waals surface area contributed by atoms with Crippen LogP contribution in [0.25, 0.3) is 0 Å². The molecule has 0 bridgehead atoms. The van der Waals surface area contributed by atoms with Crippen molar-refractivity contribution < 1.29 is 12.8 Å². The van der Waals surface area contributed by atoms with Crippen LogP contribution < -0.4 is 22.1 Å². The van der Waals surface area contributed by atoms with Gasteiger partial charge >= 0.3 is 0 Å². The van der Waals surface area contributed by atoms with Crippen molar-refractivity contribution in [3.05, 3.63) is 40.7 Å². The predicted molar refractivity (Wildman–Crippen MR) is 98.9 cm³/mol. The minimum absolute atomic E-state index is 0.0235. The highest BCUT2D eigenvalue weighted by atomic mass is 32.2. The van der Waals surface area contributed by atoms with E-state index < -0.39 is 26.6 Å². The summed E-state index contributed by atoms with van der Waals surface area (Å²) < 4.78 is 38.8. The number of nitrogens with two attached hydrogens (primary N) is 2. The minimum atomic E-state index is -3.98. The molecular formula is C16H13FN8O2S. The predicted octanol–water partition coefficient (Wildman–Crippen LogP) is 0.602. The van der Waals surface area contributed by atoms with E-state index in [-0.39, 0.29) is 40.0 Å². The molecule has 1 unspecified atom stereocenters. The second kappa shape index (κ2) is 6.68. The van der Waals surface area contributed by atoms with E-state index in [1.807, 2.05) is 6.07 Å². The van der Waals surface area contributed by atoms with Gasteiger partial charge in [-0.05, 0) is 6.07 Å². The highest BCUT2D eigenvalue weighted by Gasteiger charge is 2.33. The Hall–Kier alpha value is -3.90. The van der Waals surface area contributed by atoms with Gasteiger partial charge in [-0.2, -0.15) is 10.5 Å². The van der Waals surface area contributed by atoms with Crippen LogP contribution in [-0.2, 0) is 9.84 Å². The van der Waals surface area contributed by atoms with Gasteiger partial charge in [-0.25, -0.2) is 22.8 Å². The Labute approximate surface area is 159 Å². The fourth-order valence-electron chi connectivity index (χ4n) is 2.94. The highest BCUT2D eigenvalue weighted by Crippen LogP contribution is 2.42. The van der Waals surface area contributed by atoms with Crippen molar-refractivity contribution in [2.45, 2.75) is 10.9 Å². The summed E-state index contributed by atoms with van der Waals surface area (Å²) in [5.74, 6) is -1.13. The van der Waals surface area contributed by atoms with Crippen LogP contribution in [0, 0.1) is 28.6 Å². The van der Waals surface area contributed by atoms with Crippen LogP contribution in [0.3, 0.4) is 0 Å². The van der Waals surface area contributed by atoms with Crippen LogP contribution in [0.2, 0.25) is 0 Å². The van der Waals surface area contributed by atoms with Gasteiger partial charge in [0.15, 0.2) is 16.0 Å². The monoisotopic (exact) mass is 400 g/mol. The Balaban J connectivity index is 2.39. The van der Waals surface area contributed by atoms with Crippen molar-refractivity contribution in [2.24, 2.45) is 4.99 Å². The lowest BCUT2D eigenvalue weighted by atomic mass is 9.95. The summed E-state index contributed by atoms with van der Waals surface area (Å²) in [6.07, 6.45) is 2.53. The summed E-state index contributed by atoms with van der Waals surface area (Å²) >= 11 is 0. The average Bonchev–Trinajstić information content (AvgIpc) is 2.60. The molecule has 0 amide bonds. The van der Waals surface area contributed by atoms with Gasteiger partial charge in [0.2, 0.25) is 5.96 Å². The van der Waals surface area contributed by atoms with Gasteiger partial charge in [0.1, 0.15) is 40.0 Å². The smallest absolute Gasteiger partial charge is 0.211 e. The number of aliphatic imine (C=N–C) groups is 1. The van der Waals surface area contributed by atoms with E-state index in [1.54, 1.807) is 6.19 Å². The van der Waals surface area contributed by atoms with E-state index in [0.29, 0.717) is 0 Å². The summed E-state index contributed by atoms with van der Waals surface area (Å²) in [5.41, 5.74) is 11.8. The molecule has 3 rings (SSSR count). The summed E-state index contributed by atoms with van der Waals surface area (Å²) in [6, 6.07) is 4.36. The van der Waals surface area contributed by atoms with Crippen molar-refractivity contribution >= 4 is 33.1 Å². The third-order valence-electron chi connectivity index (χ3n) is 4.02. The van der Waals surface area contributed by atoms with Gasteiger partial charge in [-0.3, -0.25) is 5.32 Å². The normalized spacial score (nSPS) is 15.4. The Kier molecular flexibility index (Phi) is 4.50. The molecule has 6 N–H and O–H groups in total. The van der Waals surface area contributed by atoms with Gasteiger partial charge < -0.3 is 16.8 Å². The lowest BCUT2D eigenvalue weighted by molar-refractivity contribution is 0.563. The number of nitrogens with one attached hydrogen (secondary N) is 2. The highest BCUT2D eigenvalue weighted by molar-refractivity contribution is 7.90. The molecule has 1 aliphatic rings. The van der Waals surface area contributed by atoms with Gasteiger partial charge in [0.05, 0.1) is 5.69 Å². The van der Waals surface area contributed by atoms with Crippen LogP contribution in [0.5, 0.6) is 0 Å². The van der Waals surface area contributed by atoms with Gasteiger partial charge in [0, 0.05) is 17.4 Å². The first-order valence-electron chi connectivity index (χ1n) is 7.66. The number of benzene rings is 1. The number of nitriles is 2. The molecule has 1 aromatic heterocycles. The van der Waals surface area contributed by atoms with Crippen molar-refractivity contribution in [3.8, 4) is 12.3 Å². The van der Waals surface area contributed by atoms with Gasteiger partial charge in [-0.1, -0.05) is 12.1 Å². The summed E-state index contributed by atoms with van der Waals surface area (Å²) in [7, 11) is -3.98. The first-order chi connectivity index (χ1) is 13.2. The van der Waals surface area contributed by atoms with Gasteiger partial charge in [0.25, 0.3) is 0 Å². The lowest BCUT2D eigenvalue weighted by Gasteiger charge is -2.27. The molecule has 1 aliphatic heterocycles. The number of pyridine rings is 1. The van der Waals surface area contributed by atoms with E-state index in [4.69, 9.17) is 16.7 Å². The molecule has 10 nitrogen and oxygen atoms in total. The molecular weight excluding hydrogens is 387 g/mol. The van der Waals surface area contributed by atoms with Crippen LogP contribution in [0.4, 0.5) is 21.7 Å². The Morgan fingerprint density at radius 2 is 2.04 bits per heavy atom. The van der Waals surface area contributed by atoms with Crippen LogP contribution in [0.1, 0.15) is 22.7 Å². The summed E-state index contributed by atoms with van der Waals surface area (Å²) in [5, 5.41) is 23.2. The Morgan fingerprint density at radius 3 is 2.64 bits per heavy atom. The first-order valence-corrected chi connectivity index (χ1v) is 9.55. The number of sulfone groups is 1. The molecule has 2 aromatic rings. The molecule has 0 saturated heterocycles. The average molecular weight is 400 g/mol. The molecule has 12 heteroatoms. The third-order valence-corrected chi connectivity index (χ3v) is 5.19. The second-order valence-electron chi connectivity index (χ2n) is 5.83. The first kappa shape index (κ1) is 18.9. The van der Waals surface area contributed by atoms with Crippen molar-refractivity contribution in [2.75, 3.05) is 23.0 Å². The second-order valence-corrected chi connectivity index (χ2v) is 7.78. The largest absolute Gasteiger partial charge is 0.397 e. The molecule has 0 radical (unpaired) electrons. The van der Waals surface area contributed by atoms with Crippen molar-refractivity contribution in [3.63, 3.8) is 0 Å². The van der Waals surface area contributed by atoms with Gasteiger partial charge in [-0.15, -0.1) is 0 Å². The zero-order valence-corrected chi connectivity index (χ0v) is 15.2. The topological polar surface area (TPSA) is 183 Å². The van der Waals surface area contributed by atoms with Crippen LogP contribution >= 0.6 is 0 Å². The lowest BCUT2D eigenvalue weighted by Crippen LogP contribution is -2.33. The number of nitrogen functional groups attached to an aromatic ring is 2. The molecule has 1 atom stereocenters. The number of halogens is 1. The van der Waals surface area contributed by atoms with E-state index in [2.05, 4.69) is 20.6 Å². The molecule has 0 aliphatic carbocycles. The molecule has 142 valence electrons. The number of hydrogen-bond acceptors (Lipinski definition) is 10. The van der Waals surface area contributed by atoms with E-state index >= 15 is 0 Å². The Bertz CT molecular complexity index is 1210. The summed E-state index contributed by atoms with van der Waals surface area (Å²) in [4.78, 5) is 7.73. The molecule has 0 spiro atoms. The number of nitrogens with zero attached hydrogens (tertiary/aromatic N) is 4. The van der Waals surface area contributed by atoms with E-state index in [9.17, 15) is 18.1 Å². The van der Waals surface area contributed by atoms with E-state index in [1.165, 1.54) is 12.1 Å². The fraction of sp³-hybridized carbons (Fsp3) is 0.125. The third kappa shape index (κ3) is 3.02. The number of guanidine groups is 1.